The van der Waals surface area contributed by atoms with Crippen molar-refractivity contribution in [2.45, 2.75) is 32.2 Å². The van der Waals surface area contributed by atoms with Gasteiger partial charge in [0.25, 0.3) is 0 Å². The number of nitrogens with two attached hydrogens (primary N) is 1. The van der Waals surface area contributed by atoms with Crippen LogP contribution < -0.4 is 5.73 Å². The maximum Gasteiger partial charge on any atom is 0.128 e. The molecule has 1 atom stereocenters. The molecule has 0 fully saturated rings. The molecule has 88 valence electrons. The van der Waals surface area contributed by atoms with E-state index in [4.69, 9.17) is 11.0 Å². The summed E-state index contributed by atoms with van der Waals surface area (Å²) in [6.07, 6.45) is 0. The van der Waals surface area contributed by atoms with Crippen molar-refractivity contribution in [3.8, 4) is 6.07 Å². The van der Waals surface area contributed by atoms with Crippen LogP contribution in [-0.4, -0.2) is 0 Å². The highest BCUT2D eigenvalue weighted by molar-refractivity contribution is 5.85. The van der Waals surface area contributed by atoms with Gasteiger partial charge in [-0.3, -0.25) is 0 Å². The molecule has 2 nitrogen and oxygen atoms in total. The van der Waals surface area contributed by atoms with Crippen LogP contribution in [0.2, 0.25) is 0 Å². The molecule has 1 aromatic carbocycles. The predicted molar refractivity (Wildman–Crippen MR) is 64.9 cm³/mol. The number of hydrogen-bond acceptors (Lipinski definition) is 2. The van der Waals surface area contributed by atoms with E-state index in [-0.39, 0.29) is 24.3 Å². The first-order chi connectivity index (χ1) is 6.88. The van der Waals surface area contributed by atoms with Gasteiger partial charge in [0, 0.05) is 11.6 Å². The zero-order chi connectivity index (χ0) is 11.6. The smallest absolute Gasteiger partial charge is 0.128 e. The molecular formula is C12H16ClFN2. The van der Waals surface area contributed by atoms with Crippen LogP contribution in [0.3, 0.4) is 0 Å². The fourth-order valence-electron chi connectivity index (χ4n) is 1.38. The predicted octanol–water partition coefficient (Wildman–Crippen LogP) is 3.07. The summed E-state index contributed by atoms with van der Waals surface area (Å²) in [7, 11) is 0. The Bertz CT molecular complexity index is 408. The SMILES string of the molecule is CC(N)c1ccc(C(C)(C)C#N)c(F)c1.Cl. The molecule has 2 N–H and O–H groups in total. The molecule has 1 unspecified atom stereocenters. The van der Waals surface area contributed by atoms with Gasteiger partial charge in [0.05, 0.1) is 11.5 Å². The van der Waals surface area contributed by atoms with Crippen LogP contribution >= 0.6 is 12.4 Å². The minimum absolute atomic E-state index is 0. The van der Waals surface area contributed by atoms with Crippen LogP contribution in [0.25, 0.3) is 0 Å². The summed E-state index contributed by atoms with van der Waals surface area (Å²) >= 11 is 0. The molecule has 0 amide bonds. The summed E-state index contributed by atoms with van der Waals surface area (Å²) in [4.78, 5) is 0. The summed E-state index contributed by atoms with van der Waals surface area (Å²) < 4.78 is 13.7. The molecule has 0 aliphatic rings. The maximum atomic E-state index is 13.7. The molecule has 0 radical (unpaired) electrons. The Morgan fingerprint density at radius 3 is 2.38 bits per heavy atom. The third kappa shape index (κ3) is 2.94. The first-order valence-electron chi connectivity index (χ1n) is 4.85. The second kappa shape index (κ2) is 5.29. The monoisotopic (exact) mass is 242 g/mol. The molecule has 1 aromatic rings. The van der Waals surface area contributed by atoms with Gasteiger partial charge in [0.2, 0.25) is 0 Å². The molecule has 0 bridgehead atoms. The van der Waals surface area contributed by atoms with Crippen LogP contribution in [-0.2, 0) is 5.41 Å². The molecule has 0 saturated carbocycles. The van der Waals surface area contributed by atoms with Crippen molar-refractivity contribution in [2.24, 2.45) is 5.73 Å². The highest BCUT2D eigenvalue weighted by Gasteiger charge is 2.23. The zero-order valence-corrected chi connectivity index (χ0v) is 10.4. The van der Waals surface area contributed by atoms with E-state index in [1.807, 2.05) is 0 Å². The van der Waals surface area contributed by atoms with Crippen molar-refractivity contribution in [3.63, 3.8) is 0 Å². The fraction of sp³-hybridized carbons (Fsp3) is 0.417. The summed E-state index contributed by atoms with van der Waals surface area (Å²) in [5.74, 6) is -0.364. The summed E-state index contributed by atoms with van der Waals surface area (Å²) in [6, 6.07) is 6.68. The molecule has 0 aliphatic carbocycles. The minimum atomic E-state index is -0.805. The third-order valence-corrected chi connectivity index (χ3v) is 2.47. The van der Waals surface area contributed by atoms with E-state index in [9.17, 15) is 4.39 Å². The number of benzene rings is 1. The highest BCUT2D eigenvalue weighted by Crippen LogP contribution is 2.26. The Hall–Kier alpha value is -1.11. The van der Waals surface area contributed by atoms with E-state index in [1.54, 1.807) is 32.9 Å². The van der Waals surface area contributed by atoms with E-state index in [1.165, 1.54) is 6.07 Å². The summed E-state index contributed by atoms with van der Waals surface area (Å²) in [6.45, 7) is 5.18. The van der Waals surface area contributed by atoms with E-state index < -0.39 is 5.41 Å². The maximum absolute atomic E-state index is 13.7. The van der Waals surface area contributed by atoms with Crippen LogP contribution in [0.5, 0.6) is 0 Å². The van der Waals surface area contributed by atoms with Crippen LogP contribution in [0, 0.1) is 17.1 Å². The number of nitriles is 1. The lowest BCUT2D eigenvalue weighted by molar-refractivity contribution is 0.561. The van der Waals surface area contributed by atoms with E-state index in [0.29, 0.717) is 5.56 Å². The molecule has 0 aliphatic heterocycles. The Morgan fingerprint density at radius 1 is 1.44 bits per heavy atom. The molecule has 4 heteroatoms. The van der Waals surface area contributed by atoms with Gasteiger partial charge < -0.3 is 5.73 Å². The highest BCUT2D eigenvalue weighted by atomic mass is 35.5. The second-order valence-electron chi connectivity index (χ2n) is 4.26. The largest absolute Gasteiger partial charge is 0.324 e. The van der Waals surface area contributed by atoms with Gasteiger partial charge in [-0.25, -0.2) is 4.39 Å². The zero-order valence-electron chi connectivity index (χ0n) is 9.62. The molecule has 0 aromatic heterocycles. The average Bonchev–Trinajstić information content (AvgIpc) is 2.17. The first kappa shape index (κ1) is 14.9. The van der Waals surface area contributed by atoms with Gasteiger partial charge in [-0.1, -0.05) is 12.1 Å². The number of halogens is 2. The van der Waals surface area contributed by atoms with Crippen LogP contribution in [0.15, 0.2) is 18.2 Å². The molecule has 0 saturated heterocycles. The summed E-state index contributed by atoms with van der Waals surface area (Å²) in [5.41, 5.74) is 5.99. The first-order valence-corrected chi connectivity index (χ1v) is 4.85. The van der Waals surface area contributed by atoms with Gasteiger partial charge in [-0.15, -0.1) is 12.4 Å². The lowest BCUT2D eigenvalue weighted by atomic mass is 9.85. The van der Waals surface area contributed by atoms with Gasteiger partial charge in [0.1, 0.15) is 5.82 Å². The van der Waals surface area contributed by atoms with Crippen molar-refractivity contribution < 1.29 is 4.39 Å². The van der Waals surface area contributed by atoms with Crippen molar-refractivity contribution >= 4 is 12.4 Å². The van der Waals surface area contributed by atoms with Crippen molar-refractivity contribution in [1.82, 2.24) is 0 Å². The Kier molecular flexibility index (Phi) is 4.92. The normalized spacial score (nSPS) is 12.5. The standard InChI is InChI=1S/C12H15FN2.ClH/c1-8(15)9-4-5-10(11(13)6-9)12(2,3)7-14;/h4-6,8H,15H2,1-3H3;1H. The fourth-order valence-corrected chi connectivity index (χ4v) is 1.38. The van der Waals surface area contributed by atoms with Crippen molar-refractivity contribution in [1.29, 1.82) is 5.26 Å². The van der Waals surface area contributed by atoms with E-state index >= 15 is 0 Å². The van der Waals surface area contributed by atoms with Crippen LogP contribution in [0.4, 0.5) is 4.39 Å². The van der Waals surface area contributed by atoms with Gasteiger partial charge >= 0.3 is 0 Å². The van der Waals surface area contributed by atoms with Gasteiger partial charge in [-0.2, -0.15) is 5.26 Å². The van der Waals surface area contributed by atoms with E-state index in [2.05, 4.69) is 6.07 Å². The number of nitrogens with zero attached hydrogens (tertiary/aromatic N) is 1. The topological polar surface area (TPSA) is 49.8 Å². The molecule has 0 heterocycles. The molecule has 0 spiro atoms. The average molecular weight is 243 g/mol. The van der Waals surface area contributed by atoms with Gasteiger partial charge in [-0.05, 0) is 32.4 Å². The molecule has 16 heavy (non-hydrogen) atoms. The lowest BCUT2D eigenvalue weighted by Gasteiger charge is -2.17. The van der Waals surface area contributed by atoms with Gasteiger partial charge in [0.15, 0.2) is 0 Å². The Labute approximate surface area is 102 Å². The van der Waals surface area contributed by atoms with E-state index in [0.717, 1.165) is 5.56 Å². The van der Waals surface area contributed by atoms with Crippen LogP contribution in [0.1, 0.15) is 37.9 Å². The molecular weight excluding hydrogens is 227 g/mol. The number of hydrogen-bond donors (Lipinski definition) is 1. The van der Waals surface area contributed by atoms with Crippen molar-refractivity contribution in [3.05, 3.63) is 35.1 Å². The molecule has 1 rings (SSSR count). The van der Waals surface area contributed by atoms with Crippen molar-refractivity contribution in [2.75, 3.05) is 0 Å². The second-order valence-corrected chi connectivity index (χ2v) is 4.26. The Morgan fingerprint density at radius 2 is 2.00 bits per heavy atom. The summed E-state index contributed by atoms with van der Waals surface area (Å²) in [5, 5.41) is 8.91. The minimum Gasteiger partial charge on any atom is -0.324 e. The Balaban J connectivity index is 0.00000225. The lowest BCUT2D eigenvalue weighted by Crippen LogP contribution is -2.17. The third-order valence-electron chi connectivity index (χ3n) is 2.47. The number of rotatable bonds is 2. The quantitative estimate of drug-likeness (QED) is 0.867.